The van der Waals surface area contributed by atoms with Gasteiger partial charge in [0.15, 0.2) is 0 Å². The van der Waals surface area contributed by atoms with Gasteiger partial charge in [-0.3, -0.25) is 4.79 Å². The summed E-state index contributed by atoms with van der Waals surface area (Å²) >= 11 is 1.57. The number of hydrogen-bond donors (Lipinski definition) is 1. The van der Waals surface area contributed by atoms with Crippen molar-refractivity contribution in [1.29, 1.82) is 5.26 Å². The van der Waals surface area contributed by atoms with Crippen LogP contribution in [0.15, 0.2) is 77.5 Å². The number of rotatable bonds is 8. The predicted molar refractivity (Wildman–Crippen MR) is 128 cm³/mol. The topological polar surface area (TPSA) is 75.0 Å². The van der Waals surface area contributed by atoms with Gasteiger partial charge in [0.2, 0.25) is 0 Å². The van der Waals surface area contributed by atoms with Crippen LogP contribution in [0.25, 0.3) is 22.6 Å². The van der Waals surface area contributed by atoms with Gasteiger partial charge >= 0.3 is 0 Å². The molecular formula is C26H21N3O2S. The number of hydrogen-bond acceptors (Lipinski definition) is 5. The molecule has 0 aliphatic heterocycles. The molecule has 1 N–H and O–H groups in total. The molecule has 6 heteroatoms. The first-order valence-corrected chi connectivity index (χ1v) is 11.1. The number of carbonyl (C=O) groups is 1. The zero-order chi connectivity index (χ0) is 22.2. The van der Waals surface area contributed by atoms with Gasteiger partial charge in [0.05, 0.1) is 23.7 Å². The molecule has 1 amide bonds. The normalized spacial score (nSPS) is 11.2. The van der Waals surface area contributed by atoms with E-state index in [9.17, 15) is 4.79 Å². The standard InChI is InChI=1S/C26H21N3O2S/c27-13-3-14-28-26(30)24(16-19-12-15-32-18-19)20-7-10-23(11-8-20)31-17-22-9-6-21-4-1-2-5-25(21)29-22/h1-2,4-12,15-16,18H,3,14,17H2,(H,28,30). The van der Waals surface area contributed by atoms with Gasteiger partial charge in [0, 0.05) is 17.5 Å². The minimum atomic E-state index is -0.208. The molecule has 0 aliphatic rings. The number of benzene rings is 2. The molecule has 32 heavy (non-hydrogen) atoms. The quantitative estimate of drug-likeness (QED) is 0.293. The second-order valence-electron chi connectivity index (χ2n) is 7.09. The number of ether oxygens (including phenoxy) is 1. The molecule has 0 saturated heterocycles. The molecule has 0 bridgehead atoms. The first kappa shape index (κ1) is 21.3. The number of amides is 1. The number of thiophene rings is 1. The Hall–Kier alpha value is -3.95. The molecule has 0 unspecified atom stereocenters. The van der Waals surface area contributed by atoms with E-state index >= 15 is 0 Å². The molecule has 5 nitrogen and oxygen atoms in total. The van der Waals surface area contributed by atoms with Gasteiger partial charge in [-0.25, -0.2) is 4.98 Å². The molecule has 2 aromatic heterocycles. The average molecular weight is 440 g/mol. The van der Waals surface area contributed by atoms with Crippen LogP contribution in [-0.2, 0) is 11.4 Å². The van der Waals surface area contributed by atoms with Gasteiger partial charge in [0.25, 0.3) is 5.91 Å². The van der Waals surface area contributed by atoms with Crippen LogP contribution >= 0.6 is 11.3 Å². The Morgan fingerprint density at radius 2 is 1.94 bits per heavy atom. The number of nitrogens with one attached hydrogen (secondary N) is 1. The van der Waals surface area contributed by atoms with Crippen molar-refractivity contribution in [3.05, 3.63) is 94.3 Å². The Balaban J connectivity index is 1.48. The van der Waals surface area contributed by atoms with Crippen molar-refractivity contribution in [2.75, 3.05) is 6.54 Å². The molecule has 0 spiro atoms. The van der Waals surface area contributed by atoms with Crippen LogP contribution in [0, 0.1) is 11.3 Å². The van der Waals surface area contributed by atoms with E-state index in [1.54, 1.807) is 11.3 Å². The molecule has 0 fully saturated rings. The first-order chi connectivity index (χ1) is 15.7. The number of carbonyl (C=O) groups excluding carboxylic acids is 1. The molecule has 4 aromatic rings. The van der Waals surface area contributed by atoms with Gasteiger partial charge < -0.3 is 10.1 Å². The molecule has 0 aliphatic carbocycles. The van der Waals surface area contributed by atoms with Gasteiger partial charge in [-0.2, -0.15) is 16.6 Å². The summed E-state index contributed by atoms with van der Waals surface area (Å²) in [4.78, 5) is 17.4. The summed E-state index contributed by atoms with van der Waals surface area (Å²) in [6.45, 7) is 0.673. The van der Waals surface area contributed by atoms with Crippen molar-refractivity contribution in [1.82, 2.24) is 10.3 Å². The van der Waals surface area contributed by atoms with Crippen LogP contribution in [0.4, 0.5) is 0 Å². The van der Waals surface area contributed by atoms with Crippen molar-refractivity contribution in [3.63, 3.8) is 0 Å². The third-order valence-electron chi connectivity index (χ3n) is 4.83. The molecule has 0 radical (unpaired) electrons. The second kappa shape index (κ2) is 10.4. The summed E-state index contributed by atoms with van der Waals surface area (Å²) in [5.41, 5.74) is 4.08. The maximum Gasteiger partial charge on any atom is 0.251 e. The highest BCUT2D eigenvalue weighted by Gasteiger charge is 2.12. The Bertz CT molecular complexity index is 1270. The summed E-state index contributed by atoms with van der Waals surface area (Å²) in [5.74, 6) is 0.490. The third kappa shape index (κ3) is 5.39. The van der Waals surface area contributed by atoms with Crippen LogP contribution in [-0.4, -0.2) is 17.4 Å². The fraction of sp³-hybridized carbons (Fsp3) is 0.115. The van der Waals surface area contributed by atoms with E-state index in [0.29, 0.717) is 24.5 Å². The van der Waals surface area contributed by atoms with E-state index in [0.717, 1.165) is 27.7 Å². The highest BCUT2D eigenvalue weighted by atomic mass is 32.1. The Morgan fingerprint density at radius 1 is 1.09 bits per heavy atom. The van der Waals surface area contributed by atoms with Crippen LogP contribution in [0.2, 0.25) is 0 Å². The molecule has 2 aromatic carbocycles. The van der Waals surface area contributed by atoms with Crippen LogP contribution in [0.5, 0.6) is 5.75 Å². The van der Waals surface area contributed by atoms with Crippen LogP contribution in [0.3, 0.4) is 0 Å². The zero-order valence-corrected chi connectivity index (χ0v) is 18.1. The smallest absolute Gasteiger partial charge is 0.251 e. The second-order valence-corrected chi connectivity index (χ2v) is 7.87. The summed E-state index contributed by atoms with van der Waals surface area (Å²) in [5, 5.41) is 16.6. The molecule has 0 saturated carbocycles. The van der Waals surface area contributed by atoms with E-state index in [1.165, 1.54) is 0 Å². The Kier molecular flexibility index (Phi) is 6.91. The summed E-state index contributed by atoms with van der Waals surface area (Å²) < 4.78 is 5.90. The average Bonchev–Trinajstić information content (AvgIpc) is 3.35. The van der Waals surface area contributed by atoms with E-state index in [4.69, 9.17) is 10.00 Å². The first-order valence-electron chi connectivity index (χ1n) is 10.2. The highest BCUT2D eigenvalue weighted by molar-refractivity contribution is 7.08. The Morgan fingerprint density at radius 3 is 2.72 bits per heavy atom. The number of fused-ring (bicyclic) bond motifs is 1. The molecule has 158 valence electrons. The minimum absolute atomic E-state index is 0.208. The van der Waals surface area contributed by atoms with Crippen molar-refractivity contribution in [3.8, 4) is 11.8 Å². The molecule has 4 rings (SSSR count). The number of aromatic nitrogens is 1. The summed E-state index contributed by atoms with van der Waals surface area (Å²) in [7, 11) is 0. The minimum Gasteiger partial charge on any atom is -0.487 e. The fourth-order valence-electron chi connectivity index (χ4n) is 3.21. The van der Waals surface area contributed by atoms with E-state index < -0.39 is 0 Å². The fourth-order valence-corrected chi connectivity index (χ4v) is 3.83. The molecule has 0 atom stereocenters. The highest BCUT2D eigenvalue weighted by Crippen LogP contribution is 2.23. The van der Waals surface area contributed by atoms with Crippen LogP contribution in [0.1, 0.15) is 23.2 Å². The summed E-state index contributed by atoms with van der Waals surface area (Å²) in [6.07, 6.45) is 2.13. The molecule has 2 heterocycles. The van der Waals surface area contributed by atoms with Gasteiger partial charge in [-0.1, -0.05) is 36.4 Å². The lowest BCUT2D eigenvalue weighted by atomic mass is 10.0. The maximum atomic E-state index is 12.7. The number of nitrogens with zero attached hydrogens (tertiary/aromatic N) is 2. The predicted octanol–water partition coefficient (Wildman–Crippen LogP) is 5.45. The van der Waals surface area contributed by atoms with E-state index in [1.807, 2.05) is 89.6 Å². The lowest BCUT2D eigenvalue weighted by molar-refractivity contribution is -0.115. The largest absolute Gasteiger partial charge is 0.487 e. The number of nitriles is 1. The van der Waals surface area contributed by atoms with Gasteiger partial charge in [-0.15, -0.1) is 0 Å². The van der Waals surface area contributed by atoms with Crippen molar-refractivity contribution in [2.45, 2.75) is 13.0 Å². The van der Waals surface area contributed by atoms with E-state index in [2.05, 4.69) is 10.3 Å². The molecular weight excluding hydrogens is 418 g/mol. The third-order valence-corrected chi connectivity index (χ3v) is 5.53. The van der Waals surface area contributed by atoms with Gasteiger partial charge in [-0.05, 0) is 58.3 Å². The van der Waals surface area contributed by atoms with Crippen molar-refractivity contribution in [2.24, 2.45) is 0 Å². The van der Waals surface area contributed by atoms with E-state index in [-0.39, 0.29) is 12.3 Å². The lowest BCUT2D eigenvalue weighted by Gasteiger charge is -2.10. The van der Waals surface area contributed by atoms with Crippen molar-refractivity contribution < 1.29 is 9.53 Å². The van der Waals surface area contributed by atoms with Crippen LogP contribution < -0.4 is 10.1 Å². The van der Waals surface area contributed by atoms with Crippen molar-refractivity contribution >= 4 is 39.8 Å². The Labute approximate surface area is 190 Å². The lowest BCUT2D eigenvalue weighted by Crippen LogP contribution is -2.25. The summed E-state index contributed by atoms with van der Waals surface area (Å²) in [6, 6.07) is 23.4. The van der Waals surface area contributed by atoms with Gasteiger partial charge in [0.1, 0.15) is 12.4 Å². The number of para-hydroxylation sites is 1. The zero-order valence-electron chi connectivity index (χ0n) is 17.3. The monoisotopic (exact) mass is 439 g/mol. The number of pyridine rings is 1. The maximum absolute atomic E-state index is 12.7. The SMILES string of the molecule is N#CCCNC(=O)C(=Cc1ccsc1)c1ccc(OCc2ccc3ccccc3n2)cc1.